The lowest BCUT2D eigenvalue weighted by Crippen LogP contribution is -2.08. The third kappa shape index (κ3) is 3.00. The number of aryl methyl sites for hydroxylation is 1. The standard InChI is InChI=1S/C14H12ClN3O3/c1-18-5-4-12(17-18)16-13(19)3-2-9-6-10(15)14-11(7-9)20-8-21-14/h2-7H,8H2,1H3,(H,16,17,19)/b3-2+. The fraction of sp³-hybridized carbons (Fsp3) is 0.143. The molecule has 0 bridgehead atoms. The van der Waals surface area contributed by atoms with Crippen LogP contribution in [0.2, 0.25) is 5.02 Å². The monoisotopic (exact) mass is 305 g/mol. The first-order valence-corrected chi connectivity index (χ1v) is 6.57. The maximum atomic E-state index is 11.8. The average molecular weight is 306 g/mol. The Balaban J connectivity index is 1.71. The van der Waals surface area contributed by atoms with Crippen molar-refractivity contribution < 1.29 is 14.3 Å². The van der Waals surface area contributed by atoms with E-state index in [0.717, 1.165) is 5.56 Å². The van der Waals surface area contributed by atoms with Crippen LogP contribution in [-0.4, -0.2) is 22.5 Å². The van der Waals surface area contributed by atoms with Crippen LogP contribution in [0, 0.1) is 0 Å². The molecule has 1 aromatic heterocycles. The molecule has 0 radical (unpaired) electrons. The van der Waals surface area contributed by atoms with Crippen LogP contribution in [-0.2, 0) is 11.8 Å². The molecule has 1 N–H and O–H groups in total. The van der Waals surface area contributed by atoms with Gasteiger partial charge in [-0.15, -0.1) is 0 Å². The largest absolute Gasteiger partial charge is 0.454 e. The first kappa shape index (κ1) is 13.5. The van der Waals surface area contributed by atoms with Crippen LogP contribution >= 0.6 is 11.6 Å². The summed E-state index contributed by atoms with van der Waals surface area (Å²) in [6, 6.07) is 5.18. The Morgan fingerprint density at radius 2 is 2.33 bits per heavy atom. The maximum Gasteiger partial charge on any atom is 0.249 e. The molecule has 108 valence electrons. The third-order valence-corrected chi connectivity index (χ3v) is 3.12. The van der Waals surface area contributed by atoms with Crippen molar-refractivity contribution in [3.8, 4) is 11.5 Å². The molecule has 0 unspecified atom stereocenters. The van der Waals surface area contributed by atoms with Crippen molar-refractivity contribution >= 4 is 29.4 Å². The fourth-order valence-electron chi connectivity index (χ4n) is 1.91. The number of nitrogens with one attached hydrogen (secondary N) is 1. The summed E-state index contributed by atoms with van der Waals surface area (Å²) in [5, 5.41) is 7.17. The molecule has 0 fully saturated rings. The van der Waals surface area contributed by atoms with Crippen LogP contribution in [0.1, 0.15) is 5.56 Å². The van der Waals surface area contributed by atoms with Gasteiger partial charge in [-0.1, -0.05) is 11.6 Å². The molecule has 1 aliphatic rings. The molecule has 2 heterocycles. The third-order valence-electron chi connectivity index (χ3n) is 2.84. The lowest BCUT2D eigenvalue weighted by Gasteiger charge is -2.01. The summed E-state index contributed by atoms with van der Waals surface area (Å²) in [6.45, 7) is 0.155. The van der Waals surface area contributed by atoms with Crippen LogP contribution in [0.25, 0.3) is 6.08 Å². The zero-order chi connectivity index (χ0) is 14.8. The summed E-state index contributed by atoms with van der Waals surface area (Å²) in [6.07, 6.45) is 4.80. The van der Waals surface area contributed by atoms with E-state index in [1.165, 1.54) is 6.08 Å². The quantitative estimate of drug-likeness (QED) is 0.885. The highest BCUT2D eigenvalue weighted by atomic mass is 35.5. The van der Waals surface area contributed by atoms with Gasteiger partial charge in [-0.25, -0.2) is 0 Å². The number of hydrogen-bond donors (Lipinski definition) is 1. The lowest BCUT2D eigenvalue weighted by molar-refractivity contribution is -0.111. The SMILES string of the molecule is Cn1ccc(NC(=O)/C=C/c2cc(Cl)c3c(c2)OCO3)n1. The molecule has 0 spiro atoms. The maximum absolute atomic E-state index is 11.8. The van der Waals surface area contributed by atoms with Crippen molar-refractivity contribution in [1.29, 1.82) is 0 Å². The van der Waals surface area contributed by atoms with Gasteiger partial charge in [-0.2, -0.15) is 5.10 Å². The normalized spacial score (nSPS) is 12.9. The van der Waals surface area contributed by atoms with Crippen LogP contribution < -0.4 is 14.8 Å². The molecule has 0 saturated heterocycles. The minimum Gasteiger partial charge on any atom is -0.454 e. The Hall–Kier alpha value is -2.47. The molecule has 3 rings (SSSR count). The average Bonchev–Trinajstić information content (AvgIpc) is 3.06. The summed E-state index contributed by atoms with van der Waals surface area (Å²) in [5.74, 6) is 1.33. The highest BCUT2D eigenvalue weighted by Gasteiger charge is 2.17. The number of halogens is 1. The Morgan fingerprint density at radius 3 is 3.10 bits per heavy atom. The number of rotatable bonds is 3. The molecule has 21 heavy (non-hydrogen) atoms. The van der Waals surface area contributed by atoms with E-state index in [2.05, 4.69) is 10.4 Å². The summed E-state index contributed by atoms with van der Waals surface area (Å²) in [7, 11) is 1.78. The Morgan fingerprint density at radius 1 is 1.48 bits per heavy atom. The Kier molecular flexibility index (Phi) is 3.53. The first-order valence-electron chi connectivity index (χ1n) is 6.20. The predicted octanol–water partition coefficient (Wildman–Crippen LogP) is 2.45. The molecule has 7 heteroatoms. The van der Waals surface area contributed by atoms with Gasteiger partial charge in [0.2, 0.25) is 12.7 Å². The molecule has 1 amide bonds. The molecule has 1 aromatic carbocycles. The highest BCUT2D eigenvalue weighted by Crippen LogP contribution is 2.40. The molecular formula is C14H12ClN3O3. The van der Waals surface area contributed by atoms with Crippen LogP contribution in [0.3, 0.4) is 0 Å². The van der Waals surface area contributed by atoms with Gasteiger partial charge in [0, 0.05) is 25.4 Å². The molecule has 1 aliphatic heterocycles. The van der Waals surface area contributed by atoms with E-state index in [-0.39, 0.29) is 12.7 Å². The van der Waals surface area contributed by atoms with Crippen LogP contribution in [0.4, 0.5) is 5.82 Å². The molecule has 0 saturated carbocycles. The van der Waals surface area contributed by atoms with Gasteiger partial charge in [-0.05, 0) is 23.8 Å². The van der Waals surface area contributed by atoms with Crippen molar-refractivity contribution in [2.24, 2.45) is 7.05 Å². The first-order chi connectivity index (χ1) is 10.1. The minimum atomic E-state index is -0.275. The number of fused-ring (bicyclic) bond motifs is 1. The van der Waals surface area contributed by atoms with Crippen LogP contribution in [0.5, 0.6) is 11.5 Å². The molecule has 2 aromatic rings. The topological polar surface area (TPSA) is 65.4 Å². The number of carbonyl (C=O) groups is 1. The van der Waals surface area contributed by atoms with Gasteiger partial charge in [0.1, 0.15) is 0 Å². The summed E-state index contributed by atoms with van der Waals surface area (Å²) < 4.78 is 12.1. The van der Waals surface area contributed by atoms with Gasteiger partial charge in [0.25, 0.3) is 0 Å². The predicted molar refractivity (Wildman–Crippen MR) is 78.4 cm³/mol. The number of benzene rings is 1. The fourth-order valence-corrected chi connectivity index (χ4v) is 2.18. The van der Waals surface area contributed by atoms with E-state index in [9.17, 15) is 4.79 Å². The van der Waals surface area contributed by atoms with Gasteiger partial charge < -0.3 is 14.8 Å². The molecule has 0 atom stereocenters. The van der Waals surface area contributed by atoms with E-state index >= 15 is 0 Å². The van der Waals surface area contributed by atoms with Crippen molar-refractivity contribution in [3.05, 3.63) is 41.1 Å². The molecule has 0 aliphatic carbocycles. The van der Waals surface area contributed by atoms with Crippen molar-refractivity contribution in [1.82, 2.24) is 9.78 Å². The number of amides is 1. The zero-order valence-electron chi connectivity index (χ0n) is 11.2. The number of aromatic nitrogens is 2. The summed E-state index contributed by atoms with van der Waals surface area (Å²) >= 11 is 6.07. The van der Waals surface area contributed by atoms with Gasteiger partial charge in [0.15, 0.2) is 17.3 Å². The minimum absolute atomic E-state index is 0.155. The van der Waals surface area contributed by atoms with Gasteiger partial charge >= 0.3 is 0 Å². The zero-order valence-corrected chi connectivity index (χ0v) is 11.9. The van der Waals surface area contributed by atoms with Crippen molar-refractivity contribution in [3.63, 3.8) is 0 Å². The summed E-state index contributed by atoms with van der Waals surface area (Å²) in [4.78, 5) is 11.8. The number of anilines is 1. The number of nitrogens with zero attached hydrogens (tertiary/aromatic N) is 2. The van der Waals surface area contributed by atoms with E-state index in [4.69, 9.17) is 21.1 Å². The van der Waals surface area contributed by atoms with Gasteiger partial charge in [0.05, 0.1) is 5.02 Å². The Bertz CT molecular complexity index is 724. The lowest BCUT2D eigenvalue weighted by atomic mass is 10.2. The number of carbonyl (C=O) groups excluding carboxylic acids is 1. The second-order valence-electron chi connectivity index (χ2n) is 4.43. The van der Waals surface area contributed by atoms with Crippen molar-refractivity contribution in [2.45, 2.75) is 0 Å². The number of ether oxygens (including phenoxy) is 2. The summed E-state index contributed by atoms with van der Waals surface area (Å²) in [5.41, 5.74) is 0.750. The van der Waals surface area contributed by atoms with Gasteiger partial charge in [-0.3, -0.25) is 9.48 Å². The molecular weight excluding hydrogens is 294 g/mol. The molecule has 6 nitrogen and oxygen atoms in total. The smallest absolute Gasteiger partial charge is 0.249 e. The second-order valence-corrected chi connectivity index (χ2v) is 4.84. The van der Waals surface area contributed by atoms with E-state index < -0.39 is 0 Å². The van der Waals surface area contributed by atoms with E-state index in [0.29, 0.717) is 22.3 Å². The highest BCUT2D eigenvalue weighted by molar-refractivity contribution is 6.32. The Labute approximate surface area is 125 Å². The van der Waals surface area contributed by atoms with Crippen molar-refractivity contribution in [2.75, 3.05) is 12.1 Å². The van der Waals surface area contributed by atoms with E-state index in [1.54, 1.807) is 42.2 Å². The number of hydrogen-bond acceptors (Lipinski definition) is 4. The van der Waals surface area contributed by atoms with Crippen LogP contribution in [0.15, 0.2) is 30.5 Å². The van der Waals surface area contributed by atoms with E-state index in [1.807, 2.05) is 0 Å². The second kappa shape index (κ2) is 5.49.